The summed E-state index contributed by atoms with van der Waals surface area (Å²) in [5.41, 5.74) is -1.26. The van der Waals surface area contributed by atoms with Crippen molar-refractivity contribution < 1.29 is 30.9 Å². The summed E-state index contributed by atoms with van der Waals surface area (Å²) in [5.74, 6) is 0.0112. The normalized spacial score (nSPS) is 14.8. The lowest BCUT2D eigenvalue weighted by Gasteiger charge is -2.29. The van der Waals surface area contributed by atoms with Gasteiger partial charge in [-0.05, 0) is 30.7 Å². The summed E-state index contributed by atoms with van der Waals surface area (Å²) in [6.45, 7) is 2.44. The van der Waals surface area contributed by atoms with E-state index >= 15 is 0 Å². The third-order valence-electron chi connectivity index (χ3n) is 3.46. The van der Waals surface area contributed by atoms with Crippen LogP contribution in [0.1, 0.15) is 11.1 Å². The van der Waals surface area contributed by atoms with Crippen LogP contribution in [0.2, 0.25) is 0 Å². The van der Waals surface area contributed by atoms with Gasteiger partial charge in [-0.3, -0.25) is 9.54 Å². The van der Waals surface area contributed by atoms with E-state index in [0.29, 0.717) is 25.2 Å². The molecule has 3 rings (SSSR count). The Kier molecular flexibility index (Phi) is 6.21. The van der Waals surface area contributed by atoms with Gasteiger partial charge in [-0.25, -0.2) is 0 Å². The Morgan fingerprint density at radius 1 is 1.19 bits per heavy atom. The summed E-state index contributed by atoms with van der Waals surface area (Å²) in [4.78, 5) is 2.59. The average Bonchev–Trinajstić information content (AvgIpc) is 2.52. The second-order valence-corrected chi connectivity index (χ2v) is 6.90. The van der Waals surface area contributed by atoms with E-state index < -0.39 is 26.8 Å². The summed E-state index contributed by atoms with van der Waals surface area (Å²) >= 11 is 0. The predicted octanol–water partition coefficient (Wildman–Crippen LogP) is 2.69. The smallest absolute Gasteiger partial charge is 0.417 e. The number of nitrogens with one attached hydrogen (secondary N) is 1. The zero-order valence-electron chi connectivity index (χ0n) is 13.7. The minimum absolute atomic E-state index is 0.0112. The van der Waals surface area contributed by atoms with Crippen LogP contribution < -0.4 is 10.1 Å². The van der Waals surface area contributed by atoms with Gasteiger partial charge in [0.1, 0.15) is 16.7 Å². The SMILES string of the molecule is Cc1cc(C(F)(F)F)c(S(=O)(=O)O)cc1OC1CNC1.c1ccncc1. The number of halogens is 3. The van der Waals surface area contributed by atoms with Crippen molar-refractivity contribution >= 4 is 10.1 Å². The number of alkyl halides is 3. The number of hydrogen-bond donors (Lipinski definition) is 2. The molecule has 26 heavy (non-hydrogen) atoms. The highest BCUT2D eigenvalue weighted by molar-refractivity contribution is 7.85. The number of ether oxygens (including phenoxy) is 1. The number of nitrogens with zero attached hydrogens (tertiary/aromatic N) is 1. The molecule has 6 nitrogen and oxygen atoms in total. The van der Waals surface area contributed by atoms with Crippen molar-refractivity contribution in [3.8, 4) is 5.75 Å². The van der Waals surface area contributed by atoms with E-state index in [1.54, 1.807) is 12.4 Å². The van der Waals surface area contributed by atoms with Crippen molar-refractivity contribution in [1.29, 1.82) is 0 Å². The van der Waals surface area contributed by atoms with Crippen LogP contribution in [0.4, 0.5) is 13.2 Å². The molecule has 0 radical (unpaired) electrons. The summed E-state index contributed by atoms with van der Waals surface area (Å²) in [7, 11) is -5.00. The molecule has 0 spiro atoms. The van der Waals surface area contributed by atoms with Crippen molar-refractivity contribution in [2.24, 2.45) is 0 Å². The molecule has 1 aliphatic heterocycles. The number of rotatable bonds is 3. The number of pyridine rings is 1. The summed E-state index contributed by atoms with van der Waals surface area (Å²) in [6, 6.07) is 7.09. The Morgan fingerprint density at radius 3 is 2.15 bits per heavy atom. The maximum Gasteiger partial charge on any atom is 0.417 e. The zero-order valence-corrected chi connectivity index (χ0v) is 14.5. The summed E-state index contributed by atoms with van der Waals surface area (Å²) < 4.78 is 75.0. The maximum atomic E-state index is 12.8. The molecule has 1 aromatic carbocycles. The van der Waals surface area contributed by atoms with Crippen molar-refractivity contribution in [2.75, 3.05) is 13.1 Å². The molecule has 10 heteroatoms. The lowest BCUT2D eigenvalue weighted by Crippen LogP contribution is -2.50. The molecule has 0 atom stereocenters. The van der Waals surface area contributed by atoms with E-state index in [-0.39, 0.29) is 17.4 Å². The highest BCUT2D eigenvalue weighted by Crippen LogP contribution is 2.38. The number of hydrogen-bond acceptors (Lipinski definition) is 5. The molecule has 1 fully saturated rings. The van der Waals surface area contributed by atoms with Gasteiger partial charge in [0, 0.05) is 31.5 Å². The van der Waals surface area contributed by atoms with Gasteiger partial charge in [0.05, 0.1) is 5.56 Å². The van der Waals surface area contributed by atoms with Crippen molar-refractivity contribution in [3.05, 3.63) is 53.9 Å². The molecule has 0 amide bonds. The molecule has 0 aliphatic carbocycles. The van der Waals surface area contributed by atoms with Gasteiger partial charge in [-0.2, -0.15) is 21.6 Å². The molecular weight excluding hydrogens is 373 g/mol. The molecule has 0 saturated carbocycles. The Labute approximate surface area is 148 Å². The van der Waals surface area contributed by atoms with Gasteiger partial charge in [-0.15, -0.1) is 0 Å². The van der Waals surface area contributed by atoms with Crippen LogP contribution in [0.15, 0.2) is 47.6 Å². The van der Waals surface area contributed by atoms with Crippen LogP contribution in [0.25, 0.3) is 0 Å². The fourth-order valence-corrected chi connectivity index (χ4v) is 2.78. The monoisotopic (exact) mass is 390 g/mol. The molecule has 2 N–H and O–H groups in total. The molecule has 2 aromatic rings. The third kappa shape index (κ3) is 5.41. The first-order valence-corrected chi connectivity index (χ1v) is 8.94. The molecule has 1 aromatic heterocycles. The average molecular weight is 390 g/mol. The first kappa shape index (κ1) is 20.1. The lowest BCUT2D eigenvalue weighted by molar-refractivity contribution is -0.140. The summed E-state index contributed by atoms with van der Waals surface area (Å²) in [5, 5.41) is 2.91. The highest BCUT2D eigenvalue weighted by Gasteiger charge is 2.38. The second-order valence-electron chi connectivity index (χ2n) is 5.51. The molecular formula is C16H17F3N2O4S. The fourth-order valence-electron chi connectivity index (χ4n) is 2.07. The van der Waals surface area contributed by atoms with E-state index in [9.17, 15) is 21.6 Å². The quantitative estimate of drug-likeness (QED) is 0.784. The molecule has 142 valence electrons. The molecule has 0 bridgehead atoms. The van der Waals surface area contributed by atoms with Crippen LogP contribution in [0, 0.1) is 6.92 Å². The van der Waals surface area contributed by atoms with E-state index in [1.165, 1.54) is 6.92 Å². The number of benzene rings is 1. The highest BCUT2D eigenvalue weighted by atomic mass is 32.2. The Hall–Kier alpha value is -2.17. The molecule has 1 aliphatic rings. The largest absolute Gasteiger partial charge is 0.487 e. The van der Waals surface area contributed by atoms with E-state index in [0.717, 1.165) is 0 Å². The van der Waals surface area contributed by atoms with Crippen LogP contribution in [-0.2, 0) is 16.3 Å². The van der Waals surface area contributed by atoms with E-state index in [4.69, 9.17) is 9.29 Å². The minimum Gasteiger partial charge on any atom is -0.487 e. The summed E-state index contributed by atoms with van der Waals surface area (Å²) in [6.07, 6.45) is -1.61. The number of aryl methyl sites for hydroxylation is 1. The third-order valence-corrected chi connectivity index (χ3v) is 4.36. The maximum absolute atomic E-state index is 12.8. The van der Waals surface area contributed by atoms with Crippen LogP contribution in [-0.4, -0.2) is 37.1 Å². The van der Waals surface area contributed by atoms with E-state index in [2.05, 4.69) is 10.3 Å². The zero-order chi connectivity index (χ0) is 19.4. The second kappa shape index (κ2) is 8.02. The Balaban J connectivity index is 0.000000342. The first-order chi connectivity index (χ1) is 12.1. The van der Waals surface area contributed by atoms with Gasteiger partial charge in [0.15, 0.2) is 0 Å². The van der Waals surface area contributed by atoms with Gasteiger partial charge >= 0.3 is 6.18 Å². The van der Waals surface area contributed by atoms with Gasteiger partial charge in [0.2, 0.25) is 0 Å². The standard InChI is InChI=1S/C11H12F3NO4S.C5H5N/c1-6-2-8(11(12,13)14)10(20(16,17)18)3-9(6)19-7-4-15-5-7;1-2-4-6-5-3-1/h2-3,7,15H,4-5H2,1H3,(H,16,17,18);1-5H. The number of aromatic nitrogens is 1. The van der Waals surface area contributed by atoms with Crippen LogP contribution in [0.3, 0.4) is 0 Å². The Morgan fingerprint density at radius 2 is 1.81 bits per heavy atom. The minimum atomic E-state index is -5.00. The van der Waals surface area contributed by atoms with Crippen molar-refractivity contribution in [1.82, 2.24) is 10.3 Å². The van der Waals surface area contributed by atoms with Gasteiger partial charge in [-0.1, -0.05) is 6.07 Å². The molecule has 2 heterocycles. The first-order valence-electron chi connectivity index (χ1n) is 7.50. The topological polar surface area (TPSA) is 88.5 Å². The van der Waals surface area contributed by atoms with E-state index in [1.807, 2.05) is 18.2 Å². The predicted molar refractivity (Wildman–Crippen MR) is 87.5 cm³/mol. The van der Waals surface area contributed by atoms with Crippen LogP contribution >= 0.6 is 0 Å². The van der Waals surface area contributed by atoms with Crippen molar-refractivity contribution in [2.45, 2.75) is 24.1 Å². The van der Waals surface area contributed by atoms with Crippen LogP contribution in [0.5, 0.6) is 5.75 Å². The van der Waals surface area contributed by atoms with Crippen molar-refractivity contribution in [3.63, 3.8) is 0 Å². The van der Waals surface area contributed by atoms with Gasteiger partial charge in [0.25, 0.3) is 10.1 Å². The molecule has 0 unspecified atom stereocenters. The molecule has 1 saturated heterocycles. The lowest BCUT2D eigenvalue weighted by atomic mass is 10.1. The Bertz CT molecular complexity index is 812. The fraction of sp³-hybridized carbons (Fsp3) is 0.312. The van der Waals surface area contributed by atoms with Gasteiger partial charge < -0.3 is 10.1 Å².